The Kier molecular flexibility index (Phi) is 6.67. The molecule has 164 valence electrons. The van der Waals surface area contributed by atoms with E-state index in [1.165, 1.54) is 22.4 Å². The third-order valence-corrected chi connectivity index (χ3v) is 7.04. The highest BCUT2D eigenvalue weighted by Crippen LogP contribution is 2.29. The molecule has 3 aromatic rings. The Morgan fingerprint density at radius 1 is 1.16 bits per heavy atom. The van der Waals surface area contributed by atoms with Crippen LogP contribution in [-0.4, -0.2) is 40.2 Å². The molecule has 1 unspecified atom stereocenters. The minimum absolute atomic E-state index is 0.127. The molecular weight excluding hydrogens is 412 g/mol. The molecule has 0 radical (unpaired) electrons. The highest BCUT2D eigenvalue weighted by molar-refractivity contribution is 7.10. The van der Waals surface area contributed by atoms with Gasteiger partial charge in [0.05, 0.1) is 23.4 Å². The number of H-pyrrole nitrogens is 1. The van der Waals surface area contributed by atoms with Gasteiger partial charge < -0.3 is 5.32 Å². The number of hydrogen-bond donors (Lipinski definition) is 2. The molecule has 1 saturated heterocycles. The molecule has 4 rings (SSSR count). The number of piperidine rings is 1. The topological polar surface area (TPSA) is 87.2 Å². The summed E-state index contributed by atoms with van der Waals surface area (Å²) in [5.41, 5.74) is -0.616. The number of likely N-dealkylation sites (tertiary alicyclic amines) is 1. The number of nitrogens with one attached hydrogen (secondary N) is 2. The Bertz CT molecular complexity index is 1140. The smallest absolute Gasteiger partial charge is 0.273 e. The quantitative estimate of drug-likeness (QED) is 0.591. The van der Waals surface area contributed by atoms with E-state index in [1.54, 1.807) is 35.6 Å². The lowest BCUT2D eigenvalue weighted by Crippen LogP contribution is -2.42. The number of aryl methyl sites for hydroxylation is 1. The summed E-state index contributed by atoms with van der Waals surface area (Å²) in [6.45, 7) is 5.03. The number of aromatic nitrogens is 2. The monoisotopic (exact) mass is 440 g/mol. The molecule has 1 aliphatic rings. The zero-order valence-electron chi connectivity index (χ0n) is 17.7. The first kappa shape index (κ1) is 21.5. The zero-order valence-corrected chi connectivity index (χ0v) is 18.5. The van der Waals surface area contributed by atoms with E-state index in [0.29, 0.717) is 17.3 Å². The third-order valence-electron chi connectivity index (χ3n) is 6.07. The Hall–Kier alpha value is -2.71. The van der Waals surface area contributed by atoms with E-state index in [0.717, 1.165) is 19.0 Å². The molecule has 0 spiro atoms. The van der Waals surface area contributed by atoms with Crippen LogP contribution in [0.5, 0.6) is 0 Å². The summed E-state index contributed by atoms with van der Waals surface area (Å²) in [5, 5.41) is 8.42. The second-order valence-corrected chi connectivity index (χ2v) is 9.23. The zero-order chi connectivity index (χ0) is 21.8. The van der Waals surface area contributed by atoms with Gasteiger partial charge in [-0.3, -0.25) is 24.4 Å². The summed E-state index contributed by atoms with van der Waals surface area (Å²) in [4.78, 5) is 41.1. The normalized spacial score (nSPS) is 16.4. The standard InChI is InChI=1S/C23H28N4O3S/c1-16-8-11-26(12-9-16)19(20-7-4-14-31-20)15-24-21(28)10-13-27-23(30)18-6-3-2-5-17(18)22(29)25-27/h2-7,14,16,19H,8-13,15H2,1H3,(H,24,28)(H,25,29). The van der Waals surface area contributed by atoms with E-state index >= 15 is 0 Å². The van der Waals surface area contributed by atoms with Crippen molar-refractivity contribution >= 4 is 28.0 Å². The molecule has 7 nitrogen and oxygen atoms in total. The van der Waals surface area contributed by atoms with Gasteiger partial charge in [-0.2, -0.15) is 0 Å². The summed E-state index contributed by atoms with van der Waals surface area (Å²) in [7, 11) is 0. The van der Waals surface area contributed by atoms with Gasteiger partial charge in [-0.15, -0.1) is 11.3 Å². The predicted octanol–water partition coefficient (Wildman–Crippen LogP) is 2.73. The fourth-order valence-electron chi connectivity index (χ4n) is 4.15. The molecule has 1 aliphatic heterocycles. The van der Waals surface area contributed by atoms with Gasteiger partial charge in [-0.25, -0.2) is 4.68 Å². The van der Waals surface area contributed by atoms with E-state index in [-0.39, 0.29) is 36.0 Å². The molecule has 1 atom stereocenters. The van der Waals surface area contributed by atoms with Crippen molar-refractivity contribution in [2.24, 2.45) is 5.92 Å². The van der Waals surface area contributed by atoms with Crippen LogP contribution in [0.4, 0.5) is 0 Å². The van der Waals surface area contributed by atoms with Crippen LogP contribution in [0, 0.1) is 5.92 Å². The Labute approximate surface area is 184 Å². The van der Waals surface area contributed by atoms with Crippen LogP contribution in [-0.2, 0) is 11.3 Å². The number of aromatic amines is 1. The summed E-state index contributed by atoms with van der Waals surface area (Å²) in [6.07, 6.45) is 2.48. The van der Waals surface area contributed by atoms with Crippen LogP contribution in [0.25, 0.3) is 10.8 Å². The van der Waals surface area contributed by atoms with Gasteiger partial charge in [0, 0.05) is 17.8 Å². The molecule has 31 heavy (non-hydrogen) atoms. The number of hydrogen-bond acceptors (Lipinski definition) is 5. The van der Waals surface area contributed by atoms with Crippen molar-refractivity contribution in [3.63, 3.8) is 0 Å². The van der Waals surface area contributed by atoms with E-state index in [4.69, 9.17) is 0 Å². The van der Waals surface area contributed by atoms with Gasteiger partial charge in [0.15, 0.2) is 0 Å². The molecule has 1 aromatic carbocycles. The second kappa shape index (κ2) is 9.62. The van der Waals surface area contributed by atoms with Crippen molar-refractivity contribution < 1.29 is 4.79 Å². The fourth-order valence-corrected chi connectivity index (χ4v) is 5.01. The van der Waals surface area contributed by atoms with E-state index in [1.807, 2.05) is 6.07 Å². The third kappa shape index (κ3) is 4.97. The minimum Gasteiger partial charge on any atom is -0.354 e. The Balaban J connectivity index is 1.39. The lowest BCUT2D eigenvalue weighted by atomic mass is 9.97. The minimum atomic E-state index is -0.326. The van der Waals surface area contributed by atoms with Gasteiger partial charge in [0.1, 0.15) is 0 Å². The maximum atomic E-state index is 12.6. The van der Waals surface area contributed by atoms with Gasteiger partial charge in [-0.05, 0) is 55.4 Å². The van der Waals surface area contributed by atoms with Crippen molar-refractivity contribution in [1.82, 2.24) is 20.0 Å². The number of fused-ring (bicyclic) bond motifs is 1. The number of carbonyl (C=O) groups is 1. The highest BCUT2D eigenvalue weighted by Gasteiger charge is 2.25. The molecule has 0 bridgehead atoms. The first-order valence-electron chi connectivity index (χ1n) is 10.8. The Morgan fingerprint density at radius 3 is 2.61 bits per heavy atom. The van der Waals surface area contributed by atoms with Crippen molar-refractivity contribution in [3.8, 4) is 0 Å². The molecule has 0 aliphatic carbocycles. The summed E-state index contributed by atoms with van der Waals surface area (Å²) < 4.78 is 1.23. The van der Waals surface area contributed by atoms with Crippen molar-refractivity contribution in [2.75, 3.05) is 19.6 Å². The van der Waals surface area contributed by atoms with Crippen LogP contribution in [0.3, 0.4) is 0 Å². The predicted molar refractivity (Wildman–Crippen MR) is 123 cm³/mol. The number of amides is 1. The second-order valence-electron chi connectivity index (χ2n) is 8.25. The lowest BCUT2D eigenvalue weighted by Gasteiger charge is -2.36. The van der Waals surface area contributed by atoms with Crippen molar-refractivity contribution in [3.05, 3.63) is 67.4 Å². The Morgan fingerprint density at radius 2 is 1.90 bits per heavy atom. The van der Waals surface area contributed by atoms with Crippen LogP contribution >= 0.6 is 11.3 Å². The summed E-state index contributed by atoms with van der Waals surface area (Å²) in [5.74, 6) is 0.616. The SMILES string of the molecule is CC1CCN(C(CNC(=O)CCn2[nH]c(=O)c3ccccc3c2=O)c2cccs2)CC1. The van der Waals surface area contributed by atoms with Crippen LogP contribution in [0.2, 0.25) is 0 Å². The fraction of sp³-hybridized carbons (Fsp3) is 0.435. The van der Waals surface area contributed by atoms with E-state index in [9.17, 15) is 14.4 Å². The lowest BCUT2D eigenvalue weighted by molar-refractivity contribution is -0.121. The average Bonchev–Trinajstić information content (AvgIpc) is 3.31. The van der Waals surface area contributed by atoms with Crippen LogP contribution < -0.4 is 16.4 Å². The first-order valence-corrected chi connectivity index (χ1v) is 11.7. The summed E-state index contributed by atoms with van der Waals surface area (Å²) in [6, 6.07) is 11.0. The molecule has 0 saturated carbocycles. The molecule has 2 N–H and O–H groups in total. The number of thiophene rings is 1. The van der Waals surface area contributed by atoms with Crippen molar-refractivity contribution in [1.29, 1.82) is 0 Å². The van der Waals surface area contributed by atoms with E-state index in [2.05, 4.69) is 33.7 Å². The molecule has 8 heteroatoms. The molecule has 1 fully saturated rings. The van der Waals surface area contributed by atoms with Crippen LogP contribution in [0.15, 0.2) is 51.4 Å². The van der Waals surface area contributed by atoms with Gasteiger partial charge in [-0.1, -0.05) is 25.1 Å². The maximum Gasteiger partial charge on any atom is 0.273 e. The van der Waals surface area contributed by atoms with Gasteiger partial charge in [0.25, 0.3) is 11.1 Å². The van der Waals surface area contributed by atoms with Gasteiger partial charge >= 0.3 is 0 Å². The number of carbonyl (C=O) groups excluding carboxylic acids is 1. The molecule has 3 heterocycles. The van der Waals surface area contributed by atoms with Crippen LogP contribution in [0.1, 0.15) is 37.1 Å². The largest absolute Gasteiger partial charge is 0.354 e. The number of benzene rings is 1. The molecule has 1 amide bonds. The first-order chi connectivity index (χ1) is 15.0. The number of rotatable bonds is 7. The van der Waals surface area contributed by atoms with E-state index < -0.39 is 0 Å². The highest BCUT2D eigenvalue weighted by atomic mass is 32.1. The molecular formula is C23H28N4O3S. The maximum absolute atomic E-state index is 12.6. The average molecular weight is 441 g/mol. The van der Waals surface area contributed by atoms with Gasteiger partial charge in [0.2, 0.25) is 5.91 Å². The molecule has 2 aromatic heterocycles. The number of nitrogens with zero attached hydrogens (tertiary/aromatic N) is 2. The summed E-state index contributed by atoms with van der Waals surface area (Å²) >= 11 is 1.71. The van der Waals surface area contributed by atoms with Crippen molar-refractivity contribution in [2.45, 2.75) is 38.8 Å².